The van der Waals surface area contributed by atoms with E-state index in [0.29, 0.717) is 5.69 Å². The normalized spacial score (nSPS) is 12.5. The maximum absolute atomic E-state index is 10.3. The largest absolute Gasteiger partial charge is 0.481 e. The van der Waals surface area contributed by atoms with Crippen LogP contribution < -0.4 is 11.2 Å². The zero-order chi connectivity index (χ0) is 12.7. The third-order valence-electron chi connectivity index (χ3n) is 2.10. The van der Waals surface area contributed by atoms with Crippen molar-refractivity contribution in [2.24, 2.45) is 10.9 Å². The van der Waals surface area contributed by atoms with Gasteiger partial charge in [0.25, 0.3) is 0 Å². The highest BCUT2D eigenvalue weighted by molar-refractivity contribution is 5.79. The second-order valence-corrected chi connectivity index (χ2v) is 3.49. The maximum Gasteiger partial charge on any atom is 0.303 e. The first-order chi connectivity index (χ1) is 8.11. The average molecular weight is 237 g/mol. The molecule has 0 saturated heterocycles. The van der Waals surface area contributed by atoms with E-state index < -0.39 is 12.2 Å². The highest BCUT2D eigenvalue weighted by atomic mass is 16.4. The van der Waals surface area contributed by atoms with E-state index in [9.17, 15) is 9.90 Å². The van der Waals surface area contributed by atoms with Crippen molar-refractivity contribution in [2.75, 3.05) is 5.32 Å². The Morgan fingerprint density at radius 1 is 1.47 bits per heavy atom. The first-order valence-corrected chi connectivity index (χ1v) is 5.11. The number of aliphatic hydroxyl groups is 1. The average Bonchev–Trinajstić information content (AvgIpc) is 2.29. The first kappa shape index (κ1) is 13.0. The van der Waals surface area contributed by atoms with Gasteiger partial charge in [-0.3, -0.25) is 4.79 Å². The number of aliphatic carboxylic acids is 1. The lowest BCUT2D eigenvalue weighted by molar-refractivity contribution is -0.137. The molecule has 1 aromatic rings. The lowest BCUT2D eigenvalue weighted by Gasteiger charge is -2.13. The Morgan fingerprint density at radius 3 is 2.65 bits per heavy atom. The molecule has 6 heteroatoms. The van der Waals surface area contributed by atoms with Gasteiger partial charge in [0.2, 0.25) is 0 Å². The van der Waals surface area contributed by atoms with E-state index in [4.69, 9.17) is 10.9 Å². The van der Waals surface area contributed by atoms with Gasteiger partial charge in [0.05, 0.1) is 6.21 Å². The Balaban J connectivity index is 2.48. The van der Waals surface area contributed by atoms with Crippen LogP contribution in [0, 0.1) is 0 Å². The molecular formula is C11H15N3O3. The molecule has 0 aliphatic carbocycles. The minimum absolute atomic E-state index is 0.0773. The molecule has 1 rings (SSSR count). The van der Waals surface area contributed by atoms with Crippen LogP contribution in [0.4, 0.5) is 5.69 Å². The van der Waals surface area contributed by atoms with Crippen LogP contribution in [0.3, 0.4) is 0 Å². The van der Waals surface area contributed by atoms with Crippen molar-refractivity contribution in [3.05, 3.63) is 29.8 Å². The molecule has 0 amide bonds. The fourth-order valence-corrected chi connectivity index (χ4v) is 1.28. The molecule has 1 unspecified atom stereocenters. The molecule has 0 spiro atoms. The van der Waals surface area contributed by atoms with E-state index in [0.717, 1.165) is 5.56 Å². The summed E-state index contributed by atoms with van der Waals surface area (Å²) >= 11 is 0. The Labute approximate surface area is 98.8 Å². The van der Waals surface area contributed by atoms with Crippen molar-refractivity contribution in [1.29, 1.82) is 0 Å². The Kier molecular flexibility index (Phi) is 4.96. The highest BCUT2D eigenvalue weighted by Crippen LogP contribution is 2.10. The van der Waals surface area contributed by atoms with Gasteiger partial charge in [-0.25, -0.2) is 0 Å². The van der Waals surface area contributed by atoms with Crippen LogP contribution in [0.25, 0.3) is 0 Å². The number of hydrogen-bond donors (Lipinski definition) is 4. The van der Waals surface area contributed by atoms with E-state index in [1.54, 1.807) is 24.3 Å². The lowest BCUT2D eigenvalue weighted by Crippen LogP contribution is -2.19. The van der Waals surface area contributed by atoms with Crippen molar-refractivity contribution in [3.63, 3.8) is 0 Å². The van der Waals surface area contributed by atoms with Crippen LogP contribution in [0.2, 0.25) is 0 Å². The van der Waals surface area contributed by atoms with Crippen LogP contribution in [-0.2, 0) is 4.79 Å². The summed E-state index contributed by atoms with van der Waals surface area (Å²) in [7, 11) is 0. The van der Waals surface area contributed by atoms with Crippen molar-refractivity contribution in [1.82, 2.24) is 0 Å². The van der Waals surface area contributed by atoms with Crippen LogP contribution >= 0.6 is 0 Å². The number of carboxylic acid groups (broad SMARTS) is 1. The van der Waals surface area contributed by atoms with E-state index in [-0.39, 0.29) is 12.8 Å². The molecule has 0 fully saturated rings. The lowest BCUT2D eigenvalue weighted by atomic mass is 10.2. The van der Waals surface area contributed by atoms with Crippen LogP contribution in [-0.4, -0.2) is 28.6 Å². The summed E-state index contributed by atoms with van der Waals surface area (Å²) in [5, 5.41) is 24.1. The summed E-state index contributed by atoms with van der Waals surface area (Å²) in [5.41, 5.74) is 1.55. The number of aliphatic hydroxyl groups excluding tert-OH is 1. The second-order valence-electron chi connectivity index (χ2n) is 3.49. The van der Waals surface area contributed by atoms with Crippen molar-refractivity contribution < 1.29 is 15.0 Å². The van der Waals surface area contributed by atoms with Gasteiger partial charge < -0.3 is 21.4 Å². The molecule has 6 nitrogen and oxygen atoms in total. The molecule has 0 radical (unpaired) electrons. The maximum atomic E-state index is 10.3. The van der Waals surface area contributed by atoms with Crippen LogP contribution in [0.5, 0.6) is 0 Å². The zero-order valence-electron chi connectivity index (χ0n) is 9.21. The molecule has 0 saturated carbocycles. The standard InChI is InChI=1S/C11H15N3O3/c12-13-7-8-1-3-9(4-2-8)14-10(15)5-6-11(16)17/h1-4,7,10,14-15H,5-6,12H2,(H,16,17)/b13-7+. The summed E-state index contributed by atoms with van der Waals surface area (Å²) in [6.07, 6.45) is 0.707. The van der Waals surface area contributed by atoms with E-state index in [1.165, 1.54) is 6.21 Å². The Bertz CT molecular complexity index is 389. The van der Waals surface area contributed by atoms with Gasteiger partial charge in [0.15, 0.2) is 0 Å². The van der Waals surface area contributed by atoms with Gasteiger partial charge in [-0.1, -0.05) is 12.1 Å². The Hall–Kier alpha value is -2.08. The minimum Gasteiger partial charge on any atom is -0.481 e. The Morgan fingerprint density at radius 2 is 2.12 bits per heavy atom. The van der Waals surface area contributed by atoms with Crippen molar-refractivity contribution in [2.45, 2.75) is 19.1 Å². The quantitative estimate of drug-likeness (QED) is 0.250. The molecule has 0 aromatic heterocycles. The summed E-state index contributed by atoms with van der Waals surface area (Å²) in [6.45, 7) is 0. The van der Waals surface area contributed by atoms with Gasteiger partial charge in [-0.15, -0.1) is 0 Å². The van der Waals surface area contributed by atoms with Gasteiger partial charge in [0.1, 0.15) is 6.23 Å². The van der Waals surface area contributed by atoms with E-state index in [2.05, 4.69) is 10.4 Å². The summed E-state index contributed by atoms with van der Waals surface area (Å²) in [5.74, 6) is 4.08. The number of hydrogen-bond acceptors (Lipinski definition) is 5. The van der Waals surface area contributed by atoms with E-state index >= 15 is 0 Å². The third-order valence-corrected chi connectivity index (χ3v) is 2.10. The first-order valence-electron chi connectivity index (χ1n) is 5.11. The molecular weight excluding hydrogens is 222 g/mol. The summed E-state index contributed by atoms with van der Waals surface area (Å²) in [6, 6.07) is 7.06. The molecule has 92 valence electrons. The fraction of sp³-hybridized carbons (Fsp3) is 0.273. The number of carbonyl (C=O) groups is 1. The van der Waals surface area contributed by atoms with Gasteiger partial charge in [0, 0.05) is 18.5 Å². The monoisotopic (exact) mass is 237 g/mol. The number of nitrogens with two attached hydrogens (primary N) is 1. The second kappa shape index (κ2) is 6.49. The number of nitrogens with one attached hydrogen (secondary N) is 1. The minimum atomic E-state index is -0.930. The van der Waals surface area contributed by atoms with Gasteiger partial charge in [-0.2, -0.15) is 5.10 Å². The topological polar surface area (TPSA) is 108 Å². The molecule has 0 aliphatic rings. The predicted molar refractivity (Wildman–Crippen MR) is 64.7 cm³/mol. The van der Waals surface area contributed by atoms with Gasteiger partial charge in [-0.05, 0) is 17.7 Å². The molecule has 17 heavy (non-hydrogen) atoms. The highest BCUT2D eigenvalue weighted by Gasteiger charge is 2.06. The van der Waals surface area contributed by atoms with Gasteiger partial charge >= 0.3 is 5.97 Å². The number of nitrogens with zero attached hydrogens (tertiary/aromatic N) is 1. The molecule has 0 bridgehead atoms. The number of benzene rings is 1. The summed E-state index contributed by atoms with van der Waals surface area (Å²) < 4.78 is 0. The fourth-order valence-electron chi connectivity index (χ4n) is 1.28. The molecule has 0 heterocycles. The number of anilines is 1. The summed E-state index contributed by atoms with van der Waals surface area (Å²) in [4.78, 5) is 10.3. The molecule has 1 aromatic carbocycles. The van der Waals surface area contributed by atoms with Crippen molar-refractivity contribution >= 4 is 17.9 Å². The number of rotatable bonds is 6. The molecule has 5 N–H and O–H groups in total. The molecule has 0 aliphatic heterocycles. The van der Waals surface area contributed by atoms with E-state index in [1.807, 2.05) is 0 Å². The third kappa shape index (κ3) is 4.98. The van der Waals surface area contributed by atoms with Crippen LogP contribution in [0.1, 0.15) is 18.4 Å². The SMILES string of the molecule is N/N=C/c1ccc(NC(O)CCC(=O)O)cc1. The number of hydrazone groups is 1. The molecule has 1 atom stereocenters. The number of carboxylic acids is 1. The smallest absolute Gasteiger partial charge is 0.303 e. The predicted octanol–water partition coefficient (Wildman–Crippen LogP) is 0.574. The van der Waals surface area contributed by atoms with Crippen LogP contribution in [0.15, 0.2) is 29.4 Å². The zero-order valence-corrected chi connectivity index (χ0v) is 9.21. The van der Waals surface area contributed by atoms with Crippen molar-refractivity contribution in [3.8, 4) is 0 Å².